The SMILES string of the molecule is CN(C)CCON=C[C@@H]1C=C2CCC3C(CC[C@@]4(C)C3CC[C@@H]4O)[C@@]2(C)CC1. The Morgan fingerprint density at radius 1 is 1.14 bits per heavy atom. The van der Waals surface area contributed by atoms with Crippen LogP contribution in [0.4, 0.5) is 0 Å². The lowest BCUT2D eigenvalue weighted by Crippen LogP contribution is -2.51. The van der Waals surface area contributed by atoms with Gasteiger partial charge in [0.15, 0.2) is 0 Å². The fourth-order valence-corrected chi connectivity index (χ4v) is 7.24. The molecule has 158 valence electrons. The molecule has 0 amide bonds. The van der Waals surface area contributed by atoms with E-state index >= 15 is 0 Å². The first-order valence-corrected chi connectivity index (χ1v) is 11.5. The standard InChI is InChI=1S/C24H40N2O2/c1-23-11-9-17(16-25-28-14-13-26(3)4)15-18(23)5-6-19-20-7-8-22(27)24(20,2)12-10-21(19)23/h15-17,19-22,27H,5-14H2,1-4H3/t17-,19?,20?,21?,22-,23-,24-/m0/s1. The lowest BCUT2D eigenvalue weighted by Gasteiger charge is -2.58. The van der Waals surface area contributed by atoms with Gasteiger partial charge in [-0.15, -0.1) is 0 Å². The van der Waals surface area contributed by atoms with Crippen LogP contribution in [0.3, 0.4) is 0 Å². The van der Waals surface area contributed by atoms with Crippen molar-refractivity contribution in [1.82, 2.24) is 4.90 Å². The number of nitrogens with zero attached hydrogens (tertiary/aromatic N) is 2. The number of aliphatic hydroxyl groups is 1. The first-order valence-electron chi connectivity index (χ1n) is 11.5. The van der Waals surface area contributed by atoms with E-state index in [1.807, 2.05) is 6.21 Å². The Labute approximate surface area is 171 Å². The molecule has 4 nitrogen and oxygen atoms in total. The molecule has 4 heteroatoms. The molecule has 28 heavy (non-hydrogen) atoms. The highest BCUT2D eigenvalue weighted by Gasteiger charge is 2.58. The van der Waals surface area contributed by atoms with Crippen molar-refractivity contribution in [2.24, 2.45) is 39.7 Å². The van der Waals surface area contributed by atoms with Gasteiger partial charge in [-0.2, -0.15) is 0 Å². The van der Waals surface area contributed by atoms with Crippen LogP contribution in [-0.4, -0.2) is 49.6 Å². The van der Waals surface area contributed by atoms with Crippen molar-refractivity contribution in [2.75, 3.05) is 27.2 Å². The van der Waals surface area contributed by atoms with E-state index in [0.29, 0.717) is 17.9 Å². The number of fused-ring (bicyclic) bond motifs is 5. The number of hydrogen-bond donors (Lipinski definition) is 1. The number of likely N-dealkylation sites (N-methyl/N-ethyl adjacent to an activating group) is 1. The van der Waals surface area contributed by atoms with E-state index in [1.165, 1.54) is 44.9 Å². The van der Waals surface area contributed by atoms with Gasteiger partial charge in [0.05, 0.1) is 12.3 Å². The molecule has 3 fully saturated rings. The molecular weight excluding hydrogens is 348 g/mol. The molecule has 0 radical (unpaired) electrons. The van der Waals surface area contributed by atoms with Gasteiger partial charge >= 0.3 is 0 Å². The second-order valence-electron chi connectivity index (χ2n) is 10.8. The summed E-state index contributed by atoms with van der Waals surface area (Å²) in [6.45, 7) is 6.48. The van der Waals surface area contributed by atoms with Crippen molar-refractivity contribution >= 4 is 6.21 Å². The van der Waals surface area contributed by atoms with E-state index < -0.39 is 0 Å². The molecule has 4 rings (SSSR count). The van der Waals surface area contributed by atoms with Gasteiger partial charge in [0, 0.05) is 12.5 Å². The number of hydrogen-bond acceptors (Lipinski definition) is 4. The number of aliphatic hydroxyl groups excluding tert-OH is 1. The third-order valence-corrected chi connectivity index (χ3v) is 9.05. The zero-order chi connectivity index (χ0) is 19.9. The molecule has 0 spiro atoms. The summed E-state index contributed by atoms with van der Waals surface area (Å²) in [7, 11) is 4.10. The van der Waals surface area contributed by atoms with Crippen molar-refractivity contribution < 1.29 is 9.94 Å². The third-order valence-electron chi connectivity index (χ3n) is 9.05. The van der Waals surface area contributed by atoms with Gasteiger partial charge in [0.25, 0.3) is 0 Å². The largest absolute Gasteiger partial charge is 0.395 e. The molecule has 4 aliphatic rings. The average molecular weight is 389 g/mol. The Bertz CT molecular complexity index is 630. The molecule has 0 aromatic carbocycles. The first-order chi connectivity index (χ1) is 13.3. The van der Waals surface area contributed by atoms with Crippen LogP contribution in [-0.2, 0) is 4.84 Å². The topological polar surface area (TPSA) is 45.1 Å². The van der Waals surface area contributed by atoms with Crippen molar-refractivity contribution in [3.05, 3.63) is 11.6 Å². The van der Waals surface area contributed by atoms with Gasteiger partial charge in [-0.25, -0.2) is 0 Å². The monoisotopic (exact) mass is 388 g/mol. The molecule has 0 aromatic rings. The predicted octanol–water partition coefficient (Wildman–Crippen LogP) is 4.49. The smallest absolute Gasteiger partial charge is 0.129 e. The molecule has 0 aromatic heterocycles. The molecule has 3 unspecified atom stereocenters. The second kappa shape index (κ2) is 7.75. The highest BCUT2D eigenvalue weighted by Crippen LogP contribution is 2.65. The Hall–Kier alpha value is -0.870. The maximum Gasteiger partial charge on any atom is 0.129 e. The van der Waals surface area contributed by atoms with Gasteiger partial charge in [-0.3, -0.25) is 0 Å². The summed E-state index contributed by atoms with van der Waals surface area (Å²) in [5, 5.41) is 14.9. The van der Waals surface area contributed by atoms with Crippen LogP contribution in [0.15, 0.2) is 16.8 Å². The van der Waals surface area contributed by atoms with Crippen molar-refractivity contribution in [2.45, 2.75) is 71.3 Å². The summed E-state index contributed by atoms with van der Waals surface area (Å²) < 4.78 is 0. The Morgan fingerprint density at radius 3 is 2.75 bits per heavy atom. The fourth-order valence-electron chi connectivity index (χ4n) is 7.24. The average Bonchev–Trinajstić information content (AvgIpc) is 2.96. The summed E-state index contributed by atoms with van der Waals surface area (Å²) >= 11 is 0. The Balaban J connectivity index is 1.43. The molecule has 0 bridgehead atoms. The van der Waals surface area contributed by atoms with Gasteiger partial charge in [0.2, 0.25) is 0 Å². The van der Waals surface area contributed by atoms with Crippen molar-refractivity contribution in [3.63, 3.8) is 0 Å². The normalized spacial score (nSPS) is 45.5. The minimum atomic E-state index is -0.0670. The van der Waals surface area contributed by atoms with E-state index in [-0.39, 0.29) is 11.5 Å². The number of allylic oxidation sites excluding steroid dienone is 2. The lowest BCUT2D eigenvalue weighted by molar-refractivity contribution is -0.0741. The lowest BCUT2D eigenvalue weighted by atomic mass is 9.47. The summed E-state index contributed by atoms with van der Waals surface area (Å²) in [5.74, 6) is 2.80. The maximum absolute atomic E-state index is 10.6. The van der Waals surface area contributed by atoms with E-state index in [1.54, 1.807) is 5.57 Å². The minimum Gasteiger partial charge on any atom is -0.395 e. The highest BCUT2D eigenvalue weighted by atomic mass is 16.6. The zero-order valence-corrected chi connectivity index (χ0v) is 18.4. The van der Waals surface area contributed by atoms with Crippen molar-refractivity contribution in [1.29, 1.82) is 0 Å². The van der Waals surface area contributed by atoms with E-state index in [4.69, 9.17) is 4.84 Å². The zero-order valence-electron chi connectivity index (χ0n) is 18.4. The number of rotatable bonds is 5. The first kappa shape index (κ1) is 20.4. The molecular formula is C24H40N2O2. The van der Waals surface area contributed by atoms with Crippen LogP contribution in [0, 0.1) is 34.5 Å². The maximum atomic E-state index is 10.6. The van der Waals surface area contributed by atoms with Crippen molar-refractivity contribution in [3.8, 4) is 0 Å². The van der Waals surface area contributed by atoms with Gasteiger partial charge < -0.3 is 14.8 Å². The molecule has 4 aliphatic carbocycles. The molecule has 0 heterocycles. The molecule has 3 saturated carbocycles. The van der Waals surface area contributed by atoms with Crippen LogP contribution in [0.2, 0.25) is 0 Å². The summed E-state index contributed by atoms with van der Waals surface area (Å²) in [6, 6.07) is 0. The predicted molar refractivity (Wildman–Crippen MR) is 114 cm³/mol. The van der Waals surface area contributed by atoms with E-state index in [9.17, 15) is 5.11 Å². The quantitative estimate of drug-likeness (QED) is 0.327. The molecule has 0 aliphatic heterocycles. The summed E-state index contributed by atoms with van der Waals surface area (Å²) in [4.78, 5) is 7.55. The Kier molecular flexibility index (Phi) is 5.65. The van der Waals surface area contributed by atoms with Crippen LogP contribution >= 0.6 is 0 Å². The summed E-state index contributed by atoms with van der Waals surface area (Å²) in [5.41, 5.74) is 2.24. The van der Waals surface area contributed by atoms with Crippen LogP contribution < -0.4 is 0 Å². The minimum absolute atomic E-state index is 0.0670. The summed E-state index contributed by atoms with van der Waals surface area (Å²) in [6.07, 6.45) is 14.3. The fraction of sp³-hybridized carbons (Fsp3) is 0.875. The van der Waals surface area contributed by atoms with Gasteiger partial charge in [0.1, 0.15) is 6.61 Å². The number of oxime groups is 1. The van der Waals surface area contributed by atoms with Crippen LogP contribution in [0.5, 0.6) is 0 Å². The molecule has 1 N–H and O–H groups in total. The highest BCUT2D eigenvalue weighted by molar-refractivity contribution is 5.63. The van der Waals surface area contributed by atoms with Gasteiger partial charge in [-0.05, 0) is 94.0 Å². The van der Waals surface area contributed by atoms with E-state index in [2.05, 4.69) is 44.1 Å². The molecule has 0 saturated heterocycles. The van der Waals surface area contributed by atoms with Crippen LogP contribution in [0.25, 0.3) is 0 Å². The third kappa shape index (κ3) is 3.45. The molecule has 7 atom stereocenters. The van der Waals surface area contributed by atoms with Crippen LogP contribution in [0.1, 0.15) is 65.2 Å². The Morgan fingerprint density at radius 2 is 1.96 bits per heavy atom. The van der Waals surface area contributed by atoms with E-state index in [0.717, 1.165) is 30.7 Å². The second-order valence-corrected chi connectivity index (χ2v) is 10.8. The van der Waals surface area contributed by atoms with Gasteiger partial charge in [-0.1, -0.05) is 30.7 Å².